The minimum absolute atomic E-state index is 0.0823. The summed E-state index contributed by atoms with van der Waals surface area (Å²) in [7, 11) is 0. The van der Waals surface area contributed by atoms with E-state index in [0.717, 1.165) is 0 Å². The number of aliphatic hydroxyl groups excluding tert-OH is 1. The summed E-state index contributed by atoms with van der Waals surface area (Å²) < 4.78 is 0. The molecule has 140 valence electrons. The number of aromatic nitrogens is 1. The van der Waals surface area contributed by atoms with E-state index in [2.05, 4.69) is 15.2 Å². The molecule has 0 radical (unpaired) electrons. The Morgan fingerprint density at radius 1 is 1.04 bits per heavy atom. The third-order valence-electron chi connectivity index (χ3n) is 4.17. The number of pyridine rings is 1. The van der Waals surface area contributed by atoms with Crippen molar-refractivity contribution in [1.82, 2.24) is 4.98 Å². The molecule has 0 saturated heterocycles. The van der Waals surface area contributed by atoms with Crippen LogP contribution in [0.2, 0.25) is 0 Å². The van der Waals surface area contributed by atoms with Crippen LogP contribution in [-0.2, 0) is 6.61 Å². The third-order valence-corrected chi connectivity index (χ3v) is 4.17. The Morgan fingerprint density at radius 2 is 1.64 bits per heavy atom. The quantitative estimate of drug-likeness (QED) is 0.394. The van der Waals surface area contributed by atoms with Gasteiger partial charge in [0.1, 0.15) is 11.5 Å². The summed E-state index contributed by atoms with van der Waals surface area (Å²) in [6, 6.07) is 17.9. The van der Waals surface area contributed by atoms with Crippen molar-refractivity contribution < 1.29 is 15.0 Å². The standard InChI is InChI=1S/C22H19N3O3/c1-15-21(27)19(18(14-26)12-23-15)13-24-25-20(16-8-4-2-5-9-16)22(28)17-10-6-3-7-11-17/h2-13,26-27H,14H2,1H3/b24-13+,25-20+. The van der Waals surface area contributed by atoms with Crippen LogP contribution in [0.1, 0.15) is 32.7 Å². The fourth-order valence-electron chi connectivity index (χ4n) is 2.62. The fraction of sp³-hybridized carbons (Fsp3) is 0.0909. The Morgan fingerprint density at radius 3 is 2.25 bits per heavy atom. The molecule has 1 aromatic heterocycles. The van der Waals surface area contributed by atoms with Crippen LogP contribution in [0.4, 0.5) is 0 Å². The van der Waals surface area contributed by atoms with Crippen LogP contribution in [0.15, 0.2) is 77.1 Å². The molecule has 0 amide bonds. The van der Waals surface area contributed by atoms with Gasteiger partial charge < -0.3 is 10.2 Å². The van der Waals surface area contributed by atoms with Crippen molar-refractivity contribution in [3.63, 3.8) is 0 Å². The first-order chi connectivity index (χ1) is 13.6. The number of nitrogens with zero attached hydrogens (tertiary/aromatic N) is 3. The van der Waals surface area contributed by atoms with E-state index in [0.29, 0.717) is 27.9 Å². The molecular formula is C22H19N3O3. The van der Waals surface area contributed by atoms with Crippen molar-refractivity contribution in [2.75, 3.05) is 0 Å². The minimum Gasteiger partial charge on any atom is -0.505 e. The van der Waals surface area contributed by atoms with Gasteiger partial charge in [0.05, 0.1) is 18.5 Å². The highest BCUT2D eigenvalue weighted by atomic mass is 16.3. The average molecular weight is 373 g/mol. The first kappa shape index (κ1) is 19.1. The molecule has 2 N–H and O–H groups in total. The Hall–Kier alpha value is -3.64. The third kappa shape index (κ3) is 4.19. The molecule has 0 saturated carbocycles. The number of benzene rings is 2. The molecule has 6 heteroatoms. The SMILES string of the molecule is Cc1ncc(CO)c(/C=N/N=C(/C(=O)c2ccccc2)c2ccccc2)c1O. The normalized spacial score (nSPS) is 11.7. The molecule has 6 nitrogen and oxygen atoms in total. The van der Waals surface area contributed by atoms with Crippen molar-refractivity contribution in [3.05, 3.63) is 94.8 Å². The summed E-state index contributed by atoms with van der Waals surface area (Å²) in [5.41, 5.74) is 2.45. The predicted octanol–water partition coefficient (Wildman–Crippen LogP) is 3.29. The fourth-order valence-corrected chi connectivity index (χ4v) is 2.62. The maximum absolute atomic E-state index is 12.9. The van der Waals surface area contributed by atoms with Gasteiger partial charge in [0.15, 0.2) is 0 Å². The van der Waals surface area contributed by atoms with Gasteiger partial charge in [0, 0.05) is 28.5 Å². The molecule has 3 aromatic rings. The zero-order valence-electron chi connectivity index (χ0n) is 15.3. The van der Waals surface area contributed by atoms with E-state index in [-0.39, 0.29) is 23.9 Å². The summed E-state index contributed by atoms with van der Waals surface area (Å²) in [4.78, 5) is 16.9. The Bertz CT molecular complexity index is 1030. The van der Waals surface area contributed by atoms with E-state index in [1.165, 1.54) is 12.4 Å². The molecule has 0 atom stereocenters. The summed E-state index contributed by atoms with van der Waals surface area (Å²) in [5.74, 6) is -0.345. The van der Waals surface area contributed by atoms with E-state index < -0.39 is 0 Å². The van der Waals surface area contributed by atoms with Gasteiger partial charge in [0.25, 0.3) is 0 Å². The van der Waals surface area contributed by atoms with E-state index in [4.69, 9.17) is 0 Å². The van der Waals surface area contributed by atoms with E-state index in [1.54, 1.807) is 43.3 Å². The maximum Gasteiger partial charge on any atom is 0.213 e. The van der Waals surface area contributed by atoms with Crippen LogP contribution in [-0.4, -0.2) is 32.9 Å². The summed E-state index contributed by atoms with van der Waals surface area (Å²) >= 11 is 0. The number of hydrogen-bond acceptors (Lipinski definition) is 6. The molecule has 0 spiro atoms. The molecular weight excluding hydrogens is 354 g/mol. The second kappa shape index (κ2) is 8.83. The van der Waals surface area contributed by atoms with Gasteiger partial charge in [-0.25, -0.2) is 0 Å². The minimum atomic E-state index is -0.305. The van der Waals surface area contributed by atoms with Crippen molar-refractivity contribution in [2.24, 2.45) is 10.2 Å². The van der Waals surface area contributed by atoms with Crippen LogP contribution in [0.3, 0.4) is 0 Å². The van der Waals surface area contributed by atoms with Crippen LogP contribution >= 0.6 is 0 Å². The molecule has 1 heterocycles. The van der Waals surface area contributed by atoms with Gasteiger partial charge in [0.2, 0.25) is 5.78 Å². The van der Waals surface area contributed by atoms with Crippen LogP contribution in [0.25, 0.3) is 0 Å². The number of carbonyl (C=O) groups excluding carboxylic acids is 1. The lowest BCUT2D eigenvalue weighted by molar-refractivity contribution is 0.106. The number of ketones is 1. The molecule has 0 aliphatic rings. The largest absolute Gasteiger partial charge is 0.505 e. The van der Waals surface area contributed by atoms with E-state index >= 15 is 0 Å². The van der Waals surface area contributed by atoms with Gasteiger partial charge in [-0.15, -0.1) is 5.10 Å². The van der Waals surface area contributed by atoms with Crippen molar-refractivity contribution in [1.29, 1.82) is 0 Å². The van der Waals surface area contributed by atoms with Gasteiger partial charge in [-0.05, 0) is 6.92 Å². The summed E-state index contributed by atoms with van der Waals surface area (Å²) in [6.07, 6.45) is 2.78. The number of aromatic hydroxyl groups is 1. The molecule has 28 heavy (non-hydrogen) atoms. The van der Waals surface area contributed by atoms with Gasteiger partial charge in [-0.3, -0.25) is 9.78 Å². The number of carbonyl (C=O) groups is 1. The van der Waals surface area contributed by atoms with Crippen molar-refractivity contribution in [3.8, 4) is 5.75 Å². The van der Waals surface area contributed by atoms with Gasteiger partial charge >= 0.3 is 0 Å². The molecule has 0 unspecified atom stereocenters. The number of aryl methyl sites for hydroxylation is 1. The monoisotopic (exact) mass is 373 g/mol. The zero-order chi connectivity index (χ0) is 19.9. The highest BCUT2D eigenvalue weighted by Crippen LogP contribution is 2.22. The molecule has 2 aromatic carbocycles. The second-order valence-electron chi connectivity index (χ2n) is 6.04. The summed E-state index contributed by atoms with van der Waals surface area (Å²) in [5, 5.41) is 27.8. The lowest BCUT2D eigenvalue weighted by atomic mass is 10.0. The number of aliphatic hydroxyl groups is 1. The predicted molar refractivity (Wildman–Crippen MR) is 108 cm³/mol. The number of rotatable bonds is 6. The molecule has 0 aliphatic carbocycles. The van der Waals surface area contributed by atoms with E-state index in [9.17, 15) is 15.0 Å². The summed E-state index contributed by atoms with van der Waals surface area (Å²) in [6.45, 7) is 1.34. The smallest absolute Gasteiger partial charge is 0.213 e. The maximum atomic E-state index is 12.9. The highest BCUT2D eigenvalue weighted by Gasteiger charge is 2.16. The number of Topliss-reactive ketones (excluding diaryl/α,β-unsaturated/α-hetero) is 1. The van der Waals surface area contributed by atoms with Crippen LogP contribution in [0.5, 0.6) is 5.75 Å². The first-order valence-electron chi connectivity index (χ1n) is 8.66. The molecule has 0 bridgehead atoms. The lowest BCUT2D eigenvalue weighted by Crippen LogP contribution is -2.15. The molecule has 0 aliphatic heterocycles. The molecule has 3 rings (SSSR count). The number of hydrogen-bond donors (Lipinski definition) is 2. The molecule has 0 fully saturated rings. The van der Waals surface area contributed by atoms with Crippen molar-refractivity contribution >= 4 is 17.7 Å². The van der Waals surface area contributed by atoms with Crippen LogP contribution < -0.4 is 0 Å². The van der Waals surface area contributed by atoms with Crippen molar-refractivity contribution in [2.45, 2.75) is 13.5 Å². The highest BCUT2D eigenvalue weighted by molar-refractivity contribution is 6.51. The van der Waals surface area contributed by atoms with E-state index in [1.807, 2.05) is 24.3 Å². The Kier molecular flexibility index (Phi) is 6.04. The lowest BCUT2D eigenvalue weighted by Gasteiger charge is -2.07. The zero-order valence-corrected chi connectivity index (χ0v) is 15.3. The van der Waals surface area contributed by atoms with Crippen LogP contribution in [0, 0.1) is 6.92 Å². The van der Waals surface area contributed by atoms with Gasteiger partial charge in [-0.2, -0.15) is 5.10 Å². The Balaban J connectivity index is 2.03. The second-order valence-corrected chi connectivity index (χ2v) is 6.04. The van der Waals surface area contributed by atoms with Gasteiger partial charge in [-0.1, -0.05) is 60.7 Å². The average Bonchev–Trinajstić information content (AvgIpc) is 2.75. The Labute approximate surface area is 162 Å². The first-order valence-corrected chi connectivity index (χ1v) is 8.66. The topological polar surface area (TPSA) is 95.1 Å².